The number of alkyl halides is 9. The van der Waals surface area contributed by atoms with Crippen molar-refractivity contribution in [2.45, 2.75) is 30.4 Å². The Balaban J connectivity index is 5.83. The first-order valence-electron chi connectivity index (χ1n) is 4.85. The molecule has 0 saturated heterocycles. The first kappa shape index (κ1) is 20.4. The monoisotopic (exact) mass is 354 g/mol. The Labute approximate surface area is 114 Å². The molecule has 0 atom stereocenters. The molecular weight excluding hydrogens is 349 g/mol. The van der Waals surface area contributed by atoms with Crippen LogP contribution in [0.4, 0.5) is 48.3 Å². The lowest BCUT2D eigenvalue weighted by atomic mass is 9.97. The van der Waals surface area contributed by atoms with Crippen molar-refractivity contribution in [3.8, 4) is 0 Å². The van der Waals surface area contributed by atoms with Crippen molar-refractivity contribution in [2.24, 2.45) is 0 Å². The lowest BCUT2D eigenvalue weighted by Gasteiger charge is -2.33. The second kappa shape index (κ2) is 5.91. The molecule has 0 bridgehead atoms. The largest absolute Gasteiger partial charge is 0.466 e. The normalized spacial score (nSPS) is 13.8. The number of methoxy groups -OCH3 is 1. The fourth-order valence-electron chi connectivity index (χ4n) is 1.08. The molecule has 0 N–H and O–H groups in total. The maximum absolute atomic E-state index is 13.0. The van der Waals surface area contributed by atoms with Crippen molar-refractivity contribution in [1.29, 1.82) is 0 Å². The van der Waals surface area contributed by atoms with Crippen LogP contribution in [0.15, 0.2) is 11.7 Å². The molecule has 2 nitrogen and oxygen atoms in total. The van der Waals surface area contributed by atoms with E-state index in [1.54, 1.807) is 0 Å². The van der Waals surface area contributed by atoms with Crippen LogP contribution >= 0.6 is 0 Å². The van der Waals surface area contributed by atoms with Gasteiger partial charge >= 0.3 is 29.9 Å². The summed E-state index contributed by atoms with van der Waals surface area (Å²) >= 11 is 0. The van der Waals surface area contributed by atoms with E-state index in [1.807, 2.05) is 0 Å². The summed E-state index contributed by atoms with van der Waals surface area (Å²) in [6, 6.07) is 0. The first-order chi connectivity index (χ1) is 9.53. The number of rotatable bonds is 5. The van der Waals surface area contributed by atoms with Crippen LogP contribution in [0, 0.1) is 0 Å². The van der Waals surface area contributed by atoms with Crippen LogP contribution in [-0.2, 0) is 9.53 Å². The summed E-state index contributed by atoms with van der Waals surface area (Å²) in [6.45, 7) is 0. The molecule has 0 unspecified atom stereocenters. The maximum atomic E-state index is 13.0. The van der Waals surface area contributed by atoms with Gasteiger partial charge in [-0.3, -0.25) is 0 Å². The van der Waals surface area contributed by atoms with Gasteiger partial charge in [0.2, 0.25) is 0 Å². The highest BCUT2D eigenvalue weighted by Crippen LogP contribution is 2.54. The molecule has 130 valence electrons. The number of carbonyl (C=O) groups excluding carboxylic acids is 1. The Bertz CT molecular complexity index is 459. The lowest BCUT2D eigenvalue weighted by Crippen LogP contribution is -2.61. The summed E-state index contributed by atoms with van der Waals surface area (Å²) in [5.41, 5.74) is -2.45. The molecule has 22 heavy (non-hydrogen) atoms. The molecule has 13 heteroatoms. The van der Waals surface area contributed by atoms with Crippen LogP contribution in [0.25, 0.3) is 0 Å². The Morgan fingerprint density at radius 3 is 1.55 bits per heavy atom. The number of carbonyl (C=O) groups is 1. The highest BCUT2D eigenvalue weighted by molar-refractivity contribution is 5.88. The lowest BCUT2D eigenvalue weighted by molar-refractivity contribution is -0.395. The summed E-state index contributed by atoms with van der Waals surface area (Å²) in [5.74, 6) is -22.9. The van der Waals surface area contributed by atoms with E-state index in [0.29, 0.717) is 7.11 Å². The number of esters is 1. The zero-order valence-corrected chi connectivity index (χ0v) is 10.2. The molecule has 0 radical (unpaired) electrons. The van der Waals surface area contributed by atoms with Crippen LogP contribution < -0.4 is 0 Å². The second-order valence-corrected chi connectivity index (χ2v) is 3.76. The van der Waals surface area contributed by atoms with Gasteiger partial charge in [-0.2, -0.15) is 48.3 Å². The van der Waals surface area contributed by atoms with E-state index in [2.05, 4.69) is 4.74 Å². The molecule has 0 aliphatic carbocycles. The third-order valence-corrected chi connectivity index (χ3v) is 2.27. The van der Waals surface area contributed by atoms with Crippen molar-refractivity contribution in [3.05, 3.63) is 11.7 Å². The van der Waals surface area contributed by atoms with Crippen molar-refractivity contribution >= 4 is 5.97 Å². The Kier molecular flexibility index (Phi) is 5.49. The number of hydrogen-bond donors (Lipinski definition) is 0. The summed E-state index contributed by atoms with van der Waals surface area (Å²) in [5, 5.41) is 0. The Morgan fingerprint density at radius 2 is 1.27 bits per heavy atom. The Hall–Kier alpha value is -1.56. The first-order valence-corrected chi connectivity index (χ1v) is 4.85. The van der Waals surface area contributed by atoms with E-state index >= 15 is 0 Å². The minimum absolute atomic E-state index is 0.367. The standard InChI is InChI=1S/C9H5F11O2/c1-22-5(21)3(4(10)11)2-6(12,13)7(14,15)8(16,17)9(18,19)20/h2H2,1H3. The van der Waals surface area contributed by atoms with Crippen LogP contribution in [0.3, 0.4) is 0 Å². The summed E-state index contributed by atoms with van der Waals surface area (Å²) in [7, 11) is 0.367. The van der Waals surface area contributed by atoms with Gasteiger partial charge in [0.15, 0.2) is 0 Å². The van der Waals surface area contributed by atoms with Gasteiger partial charge in [-0.1, -0.05) is 0 Å². The molecule has 0 rings (SSSR count). The molecule has 0 saturated carbocycles. The van der Waals surface area contributed by atoms with E-state index < -0.39 is 48.0 Å². The topological polar surface area (TPSA) is 26.3 Å². The zero-order chi connectivity index (χ0) is 18.1. The van der Waals surface area contributed by atoms with Gasteiger partial charge in [-0.05, 0) is 0 Å². The van der Waals surface area contributed by atoms with Crippen molar-refractivity contribution < 1.29 is 57.8 Å². The van der Waals surface area contributed by atoms with Gasteiger partial charge in [0, 0.05) is 0 Å². The van der Waals surface area contributed by atoms with Crippen LogP contribution in [0.2, 0.25) is 0 Å². The average molecular weight is 354 g/mol. The third kappa shape index (κ3) is 3.43. The summed E-state index contributed by atoms with van der Waals surface area (Å²) in [6.07, 6.45) is -13.5. The predicted molar refractivity (Wildman–Crippen MR) is 46.8 cm³/mol. The number of hydrogen-bond acceptors (Lipinski definition) is 2. The van der Waals surface area contributed by atoms with Gasteiger partial charge < -0.3 is 4.74 Å². The molecule has 0 spiro atoms. The molecule has 0 heterocycles. The minimum atomic E-state index is -7.22. The van der Waals surface area contributed by atoms with Crippen molar-refractivity contribution in [2.75, 3.05) is 7.11 Å². The van der Waals surface area contributed by atoms with Gasteiger partial charge in [-0.25, -0.2) is 4.79 Å². The quantitative estimate of drug-likeness (QED) is 0.421. The van der Waals surface area contributed by atoms with Gasteiger partial charge in [0.1, 0.15) is 5.57 Å². The number of ether oxygens (including phenoxy) is 1. The molecule has 0 aromatic rings. The van der Waals surface area contributed by atoms with E-state index in [1.165, 1.54) is 0 Å². The summed E-state index contributed by atoms with van der Waals surface area (Å²) < 4.78 is 140. The number of halogens is 11. The van der Waals surface area contributed by atoms with Gasteiger partial charge in [0.05, 0.1) is 13.5 Å². The van der Waals surface area contributed by atoms with E-state index in [-0.39, 0.29) is 0 Å². The van der Waals surface area contributed by atoms with E-state index in [4.69, 9.17) is 0 Å². The predicted octanol–water partition coefficient (Wildman–Crippen LogP) is 4.17. The van der Waals surface area contributed by atoms with E-state index in [0.717, 1.165) is 0 Å². The van der Waals surface area contributed by atoms with Crippen LogP contribution in [0.5, 0.6) is 0 Å². The van der Waals surface area contributed by atoms with Gasteiger partial charge in [0.25, 0.3) is 6.08 Å². The van der Waals surface area contributed by atoms with Crippen molar-refractivity contribution in [3.63, 3.8) is 0 Å². The minimum Gasteiger partial charge on any atom is -0.466 e. The van der Waals surface area contributed by atoms with Gasteiger partial charge in [-0.15, -0.1) is 0 Å². The molecule has 0 aromatic carbocycles. The highest BCUT2D eigenvalue weighted by atomic mass is 19.4. The molecule has 0 fully saturated rings. The third-order valence-electron chi connectivity index (χ3n) is 2.27. The fraction of sp³-hybridized carbons (Fsp3) is 0.667. The molecule has 0 aromatic heterocycles. The maximum Gasteiger partial charge on any atom is 0.460 e. The average Bonchev–Trinajstić information content (AvgIpc) is 2.32. The highest BCUT2D eigenvalue weighted by Gasteiger charge is 2.81. The second-order valence-electron chi connectivity index (χ2n) is 3.76. The zero-order valence-electron chi connectivity index (χ0n) is 10.2. The van der Waals surface area contributed by atoms with Crippen LogP contribution in [-0.4, -0.2) is 37.0 Å². The molecule has 0 aliphatic heterocycles. The molecular formula is C9H5F11O2. The SMILES string of the molecule is COC(=O)C(CC(F)(F)C(F)(F)C(F)(F)C(F)(F)F)=C(F)F. The molecule has 0 aliphatic rings. The van der Waals surface area contributed by atoms with Crippen molar-refractivity contribution in [1.82, 2.24) is 0 Å². The smallest absolute Gasteiger partial charge is 0.460 e. The van der Waals surface area contributed by atoms with Crippen LogP contribution in [0.1, 0.15) is 6.42 Å². The summed E-state index contributed by atoms with van der Waals surface area (Å²) in [4.78, 5) is 10.7. The van der Waals surface area contributed by atoms with E-state index in [9.17, 15) is 53.1 Å². The fourth-order valence-corrected chi connectivity index (χ4v) is 1.08. The molecule has 0 amide bonds. The Morgan fingerprint density at radius 1 is 0.864 bits per heavy atom.